The van der Waals surface area contributed by atoms with Crippen molar-refractivity contribution in [3.05, 3.63) is 59.2 Å². The summed E-state index contributed by atoms with van der Waals surface area (Å²) in [4.78, 5) is 24.0. The number of hydrogen-bond donors (Lipinski definition) is 2. The number of nitrogens with zero attached hydrogens (tertiary/aromatic N) is 3. The smallest absolute Gasteiger partial charge is 0.224 e. The minimum atomic E-state index is -0.0193. The first-order chi connectivity index (χ1) is 11.9. The van der Waals surface area contributed by atoms with Crippen LogP contribution in [0.3, 0.4) is 0 Å². The Morgan fingerprint density at radius 3 is 2.40 bits per heavy atom. The van der Waals surface area contributed by atoms with Crippen molar-refractivity contribution in [1.82, 2.24) is 19.5 Å². The molecule has 1 aromatic carbocycles. The van der Waals surface area contributed by atoms with Gasteiger partial charge in [-0.15, -0.1) is 0 Å². The fraction of sp³-hybridized carbons (Fsp3) is 0.316. The highest BCUT2D eigenvalue weighted by Gasteiger charge is 2.08. The largest absolute Gasteiger partial charge is 0.346 e. The van der Waals surface area contributed by atoms with Gasteiger partial charge in [0.25, 0.3) is 0 Å². The first-order valence-corrected chi connectivity index (χ1v) is 8.37. The summed E-state index contributed by atoms with van der Waals surface area (Å²) < 4.78 is 2.03. The van der Waals surface area contributed by atoms with E-state index in [0.29, 0.717) is 12.8 Å². The number of rotatable bonds is 5. The van der Waals surface area contributed by atoms with Crippen molar-refractivity contribution in [2.75, 3.05) is 5.32 Å². The fourth-order valence-corrected chi connectivity index (χ4v) is 2.66. The lowest BCUT2D eigenvalue weighted by Gasteiger charge is -2.08. The van der Waals surface area contributed by atoms with E-state index >= 15 is 0 Å². The number of nitrogens with one attached hydrogen (secondary N) is 2. The number of carbonyl (C=O) groups is 1. The zero-order valence-corrected chi connectivity index (χ0v) is 15.1. The quantitative estimate of drug-likeness (QED) is 0.749. The molecule has 0 saturated carbocycles. The average molecular weight is 337 g/mol. The maximum atomic E-state index is 12.1. The number of carbonyl (C=O) groups excluding carboxylic acids is 1. The number of anilines is 1. The van der Waals surface area contributed by atoms with Gasteiger partial charge in [0.1, 0.15) is 5.82 Å². The minimum Gasteiger partial charge on any atom is -0.346 e. The zero-order valence-electron chi connectivity index (χ0n) is 15.1. The fourth-order valence-electron chi connectivity index (χ4n) is 2.66. The van der Waals surface area contributed by atoms with Crippen molar-refractivity contribution >= 4 is 11.6 Å². The number of amides is 1. The van der Waals surface area contributed by atoms with Gasteiger partial charge in [0, 0.05) is 35.6 Å². The van der Waals surface area contributed by atoms with Crippen LogP contribution in [-0.2, 0) is 11.2 Å². The molecule has 3 aromatic rings. The van der Waals surface area contributed by atoms with E-state index < -0.39 is 0 Å². The average Bonchev–Trinajstić information content (AvgIpc) is 3.09. The van der Waals surface area contributed by atoms with Crippen LogP contribution in [0.25, 0.3) is 5.69 Å². The van der Waals surface area contributed by atoms with Gasteiger partial charge in [-0.25, -0.2) is 9.97 Å². The van der Waals surface area contributed by atoms with Crippen LogP contribution in [0, 0.1) is 27.7 Å². The molecule has 2 heterocycles. The highest BCUT2D eigenvalue weighted by Crippen LogP contribution is 2.17. The molecule has 2 N–H and O–H groups in total. The summed E-state index contributed by atoms with van der Waals surface area (Å²) in [7, 11) is 0. The Morgan fingerprint density at radius 2 is 1.84 bits per heavy atom. The second kappa shape index (κ2) is 6.93. The number of benzene rings is 1. The second-order valence-electron chi connectivity index (χ2n) is 6.27. The summed E-state index contributed by atoms with van der Waals surface area (Å²) in [5, 5.41) is 2.93. The van der Waals surface area contributed by atoms with Gasteiger partial charge in [-0.3, -0.25) is 4.79 Å². The van der Waals surface area contributed by atoms with E-state index in [9.17, 15) is 4.79 Å². The van der Waals surface area contributed by atoms with Gasteiger partial charge in [0.2, 0.25) is 5.91 Å². The molecular formula is C19H23N5O. The molecule has 3 rings (SSSR count). The predicted octanol–water partition coefficient (Wildman–Crippen LogP) is 3.40. The second-order valence-corrected chi connectivity index (χ2v) is 6.27. The Balaban J connectivity index is 1.59. The molecular weight excluding hydrogens is 314 g/mol. The molecule has 0 aliphatic rings. The van der Waals surface area contributed by atoms with E-state index in [1.807, 2.05) is 62.9 Å². The van der Waals surface area contributed by atoms with Gasteiger partial charge in [0.05, 0.1) is 17.7 Å². The number of aryl methyl sites for hydroxylation is 4. The van der Waals surface area contributed by atoms with Crippen molar-refractivity contribution in [2.24, 2.45) is 0 Å². The third kappa shape index (κ3) is 3.79. The first kappa shape index (κ1) is 17.0. The lowest BCUT2D eigenvalue weighted by Crippen LogP contribution is -2.12. The molecule has 25 heavy (non-hydrogen) atoms. The maximum Gasteiger partial charge on any atom is 0.224 e. The molecule has 2 aromatic heterocycles. The molecule has 0 fully saturated rings. The molecule has 130 valence electrons. The van der Waals surface area contributed by atoms with Crippen molar-refractivity contribution in [3.8, 4) is 5.69 Å². The SMILES string of the molecule is Cc1nc(CCC(=O)Nc2ccc(-n3cnc(C)c3C)cc2)[nH]c1C. The van der Waals surface area contributed by atoms with Crippen molar-refractivity contribution in [1.29, 1.82) is 0 Å². The Morgan fingerprint density at radius 1 is 1.12 bits per heavy atom. The van der Waals surface area contributed by atoms with Gasteiger partial charge in [-0.1, -0.05) is 0 Å². The lowest BCUT2D eigenvalue weighted by molar-refractivity contribution is -0.116. The minimum absolute atomic E-state index is 0.0193. The van der Waals surface area contributed by atoms with Crippen LogP contribution < -0.4 is 5.32 Å². The molecule has 0 radical (unpaired) electrons. The monoisotopic (exact) mass is 337 g/mol. The summed E-state index contributed by atoms with van der Waals surface area (Å²) in [5.41, 5.74) is 5.97. The normalized spacial score (nSPS) is 10.9. The maximum absolute atomic E-state index is 12.1. The van der Waals surface area contributed by atoms with Crippen molar-refractivity contribution in [3.63, 3.8) is 0 Å². The van der Waals surface area contributed by atoms with Gasteiger partial charge in [-0.05, 0) is 52.0 Å². The van der Waals surface area contributed by atoms with Crippen LogP contribution in [0.4, 0.5) is 5.69 Å². The van der Waals surface area contributed by atoms with E-state index in [0.717, 1.165) is 40.0 Å². The highest BCUT2D eigenvalue weighted by atomic mass is 16.1. The topological polar surface area (TPSA) is 75.6 Å². The van der Waals surface area contributed by atoms with Crippen LogP contribution in [0.1, 0.15) is 35.0 Å². The van der Waals surface area contributed by atoms with Gasteiger partial charge in [0.15, 0.2) is 0 Å². The molecule has 6 heteroatoms. The standard InChI is InChI=1S/C19H23N5O/c1-12-13(2)22-18(21-12)9-10-19(25)23-16-5-7-17(8-6-16)24-11-20-14(3)15(24)4/h5-8,11H,9-10H2,1-4H3,(H,21,22)(H,23,25). The van der Waals surface area contributed by atoms with Gasteiger partial charge in [-0.2, -0.15) is 0 Å². The number of imidazole rings is 2. The molecule has 0 saturated heterocycles. The van der Waals surface area contributed by atoms with Crippen molar-refractivity contribution < 1.29 is 4.79 Å². The number of aromatic amines is 1. The van der Waals surface area contributed by atoms with E-state index in [1.54, 1.807) is 0 Å². The van der Waals surface area contributed by atoms with Crippen LogP contribution in [0.15, 0.2) is 30.6 Å². The number of hydrogen-bond acceptors (Lipinski definition) is 3. The molecule has 0 aliphatic carbocycles. The molecule has 6 nitrogen and oxygen atoms in total. The van der Waals surface area contributed by atoms with Crippen LogP contribution in [-0.4, -0.2) is 25.4 Å². The number of H-pyrrole nitrogens is 1. The van der Waals surface area contributed by atoms with Crippen LogP contribution in [0.2, 0.25) is 0 Å². The molecule has 0 spiro atoms. The predicted molar refractivity (Wildman–Crippen MR) is 98.1 cm³/mol. The third-order valence-corrected chi connectivity index (χ3v) is 4.45. The van der Waals surface area contributed by atoms with E-state index in [-0.39, 0.29) is 5.91 Å². The number of aromatic nitrogens is 4. The van der Waals surface area contributed by atoms with E-state index in [1.165, 1.54) is 0 Å². The summed E-state index contributed by atoms with van der Waals surface area (Å²) in [6.07, 6.45) is 2.81. The Bertz CT molecular complexity index is 870. The Kier molecular flexibility index (Phi) is 4.70. The van der Waals surface area contributed by atoms with Crippen LogP contribution in [0.5, 0.6) is 0 Å². The summed E-state index contributed by atoms with van der Waals surface area (Å²) in [6.45, 7) is 7.97. The van der Waals surface area contributed by atoms with Crippen molar-refractivity contribution in [2.45, 2.75) is 40.5 Å². The Hall–Kier alpha value is -2.89. The molecule has 0 unspecified atom stereocenters. The highest BCUT2D eigenvalue weighted by molar-refractivity contribution is 5.90. The van der Waals surface area contributed by atoms with Crippen LogP contribution >= 0.6 is 0 Å². The summed E-state index contributed by atoms with van der Waals surface area (Å²) in [5.74, 6) is 0.834. The first-order valence-electron chi connectivity index (χ1n) is 8.37. The summed E-state index contributed by atoms with van der Waals surface area (Å²) in [6, 6.07) is 7.76. The molecule has 0 aliphatic heterocycles. The third-order valence-electron chi connectivity index (χ3n) is 4.45. The summed E-state index contributed by atoms with van der Waals surface area (Å²) >= 11 is 0. The van der Waals surface area contributed by atoms with Gasteiger partial charge >= 0.3 is 0 Å². The molecule has 0 atom stereocenters. The van der Waals surface area contributed by atoms with E-state index in [4.69, 9.17) is 0 Å². The molecule has 0 bridgehead atoms. The van der Waals surface area contributed by atoms with Gasteiger partial charge < -0.3 is 14.9 Å². The molecule has 1 amide bonds. The Labute approximate surface area is 147 Å². The van der Waals surface area contributed by atoms with E-state index in [2.05, 4.69) is 20.3 Å². The zero-order chi connectivity index (χ0) is 18.0. The lowest BCUT2D eigenvalue weighted by atomic mass is 10.2.